The normalized spacial score (nSPS) is 13.9. The van der Waals surface area contributed by atoms with E-state index >= 15 is 0 Å². The minimum Gasteiger partial charge on any atom is -0.476 e. The second-order valence-corrected chi connectivity index (χ2v) is 7.12. The number of alkyl halides is 6. The first-order chi connectivity index (χ1) is 12.1. The van der Waals surface area contributed by atoms with Crippen LogP contribution in [-0.2, 0) is 10.0 Å². The number of ether oxygens (including phenoxy) is 1. The Morgan fingerprint density at radius 2 is 1.85 bits per heavy atom. The number of amides is 1. The summed E-state index contributed by atoms with van der Waals surface area (Å²) >= 11 is 0. The summed E-state index contributed by atoms with van der Waals surface area (Å²) in [5.74, 6) is -1.33. The van der Waals surface area contributed by atoms with Crippen molar-refractivity contribution in [1.29, 1.82) is 0 Å². The van der Waals surface area contributed by atoms with Crippen LogP contribution in [0.5, 0.6) is 5.88 Å². The number of hydrogen-bond acceptors (Lipinski definition) is 5. The largest absolute Gasteiger partial charge is 0.511 e. The average Bonchev–Trinajstić information content (AvgIpc) is 2.49. The molecule has 1 aromatic heterocycles. The monoisotopic (exact) mass is 423 g/mol. The molecule has 1 atom stereocenters. The summed E-state index contributed by atoms with van der Waals surface area (Å²) in [4.78, 5) is 15.5. The van der Waals surface area contributed by atoms with E-state index in [-0.39, 0.29) is 17.0 Å². The van der Waals surface area contributed by atoms with Crippen LogP contribution in [0.3, 0.4) is 0 Å². The first-order valence-corrected chi connectivity index (χ1v) is 8.63. The Balaban J connectivity index is 2.76. The molecule has 0 radical (unpaired) electrons. The van der Waals surface area contributed by atoms with Gasteiger partial charge in [-0.15, -0.1) is 0 Å². The van der Waals surface area contributed by atoms with Gasteiger partial charge in [-0.05, 0) is 19.4 Å². The lowest BCUT2D eigenvalue weighted by Gasteiger charge is -2.16. The topological polar surface area (TPSA) is 97.4 Å². The van der Waals surface area contributed by atoms with Gasteiger partial charge in [0, 0.05) is 17.8 Å². The van der Waals surface area contributed by atoms with E-state index in [9.17, 15) is 39.6 Å². The fraction of sp³-hybridized carbons (Fsp3) is 0.538. The standard InChI is InChI=1S/C13H15F6N3O4S/c1-7-4-20-10(3-9(7)11(23)21-6-12(14,15)16)26-5-8(2)22-27(24,25)13(17,18)19/h3-4,8,22H,5-6H2,1-2H3,(H,21,23)/t8-/m0/s1. The number of halogens is 6. The molecule has 0 saturated carbocycles. The smallest absolute Gasteiger partial charge is 0.476 e. The molecule has 27 heavy (non-hydrogen) atoms. The van der Waals surface area contributed by atoms with Crippen molar-refractivity contribution in [2.45, 2.75) is 31.6 Å². The SMILES string of the molecule is Cc1cnc(OC[C@H](C)NS(=O)(=O)C(F)(F)F)cc1C(=O)NCC(F)(F)F. The fourth-order valence-corrected chi connectivity index (χ4v) is 2.41. The van der Waals surface area contributed by atoms with E-state index in [0.29, 0.717) is 0 Å². The molecule has 1 heterocycles. The molecule has 1 aromatic rings. The average molecular weight is 423 g/mol. The Hall–Kier alpha value is -2.09. The molecule has 0 spiro atoms. The molecule has 0 aromatic carbocycles. The van der Waals surface area contributed by atoms with Crippen molar-refractivity contribution in [3.05, 3.63) is 23.4 Å². The number of nitrogens with zero attached hydrogens (tertiary/aromatic N) is 1. The van der Waals surface area contributed by atoms with Gasteiger partial charge < -0.3 is 10.1 Å². The summed E-state index contributed by atoms with van der Waals surface area (Å²) in [6, 6.07) is -0.311. The number of sulfonamides is 1. The molecule has 0 aliphatic rings. The van der Waals surface area contributed by atoms with Gasteiger partial charge in [0.15, 0.2) is 0 Å². The van der Waals surface area contributed by atoms with Crippen molar-refractivity contribution in [1.82, 2.24) is 15.0 Å². The summed E-state index contributed by atoms with van der Waals surface area (Å²) in [6.07, 6.45) is -3.50. The van der Waals surface area contributed by atoms with Crippen LogP contribution in [0.2, 0.25) is 0 Å². The lowest BCUT2D eigenvalue weighted by molar-refractivity contribution is -0.123. The molecule has 0 saturated heterocycles. The van der Waals surface area contributed by atoms with Gasteiger partial charge in [0.1, 0.15) is 13.2 Å². The highest BCUT2D eigenvalue weighted by molar-refractivity contribution is 7.90. The molecule has 154 valence electrons. The molecule has 1 amide bonds. The van der Waals surface area contributed by atoms with Crippen molar-refractivity contribution >= 4 is 15.9 Å². The van der Waals surface area contributed by atoms with Gasteiger partial charge in [0.05, 0.1) is 6.04 Å². The van der Waals surface area contributed by atoms with Crippen LogP contribution in [0, 0.1) is 6.92 Å². The number of hydrogen-bond donors (Lipinski definition) is 2. The predicted molar refractivity (Wildman–Crippen MR) is 80.4 cm³/mol. The molecule has 0 bridgehead atoms. The van der Waals surface area contributed by atoms with Crippen molar-refractivity contribution < 1.29 is 44.3 Å². The van der Waals surface area contributed by atoms with E-state index in [1.54, 1.807) is 5.32 Å². The predicted octanol–water partition coefficient (Wildman–Crippen LogP) is 1.89. The van der Waals surface area contributed by atoms with Crippen LogP contribution >= 0.6 is 0 Å². The Morgan fingerprint density at radius 1 is 1.26 bits per heavy atom. The molecule has 0 unspecified atom stereocenters. The minimum atomic E-state index is -5.57. The molecular weight excluding hydrogens is 408 g/mol. The number of nitrogens with one attached hydrogen (secondary N) is 2. The van der Waals surface area contributed by atoms with Crippen LogP contribution in [0.1, 0.15) is 22.8 Å². The Kier molecular flexibility index (Phi) is 7.05. The van der Waals surface area contributed by atoms with Crippen molar-refractivity contribution in [2.75, 3.05) is 13.2 Å². The molecule has 1 rings (SSSR count). The van der Waals surface area contributed by atoms with Gasteiger partial charge in [-0.25, -0.2) is 18.1 Å². The van der Waals surface area contributed by atoms with Crippen LogP contribution < -0.4 is 14.8 Å². The van der Waals surface area contributed by atoms with Gasteiger partial charge in [-0.1, -0.05) is 0 Å². The number of carbonyl (C=O) groups is 1. The third-order valence-corrected chi connectivity index (χ3v) is 4.24. The number of rotatable bonds is 7. The zero-order chi connectivity index (χ0) is 21.0. The van der Waals surface area contributed by atoms with Gasteiger partial charge in [0.2, 0.25) is 5.88 Å². The van der Waals surface area contributed by atoms with Crippen LogP contribution in [0.4, 0.5) is 26.3 Å². The molecule has 0 fully saturated rings. The van der Waals surface area contributed by atoms with Crippen LogP contribution in [0.25, 0.3) is 0 Å². The number of aromatic nitrogens is 1. The maximum absolute atomic E-state index is 12.3. The quantitative estimate of drug-likeness (QED) is 0.653. The van der Waals surface area contributed by atoms with E-state index in [1.807, 2.05) is 0 Å². The lowest BCUT2D eigenvalue weighted by Crippen LogP contribution is -2.43. The van der Waals surface area contributed by atoms with Gasteiger partial charge in [-0.3, -0.25) is 4.79 Å². The third-order valence-electron chi connectivity index (χ3n) is 2.91. The van der Waals surface area contributed by atoms with Crippen LogP contribution in [0.15, 0.2) is 12.3 Å². The zero-order valence-electron chi connectivity index (χ0n) is 13.9. The fourth-order valence-electron chi connectivity index (χ4n) is 1.68. The number of aryl methyl sites for hydroxylation is 1. The maximum Gasteiger partial charge on any atom is 0.511 e. The van der Waals surface area contributed by atoms with E-state index < -0.39 is 46.8 Å². The molecule has 7 nitrogen and oxygen atoms in total. The van der Waals surface area contributed by atoms with Gasteiger partial charge >= 0.3 is 21.7 Å². The second kappa shape index (κ2) is 8.29. The molecular formula is C13H15F6N3O4S. The highest BCUT2D eigenvalue weighted by atomic mass is 32.2. The lowest BCUT2D eigenvalue weighted by atomic mass is 10.1. The molecule has 0 aliphatic heterocycles. The Bertz CT molecular complexity index is 779. The third kappa shape index (κ3) is 7.21. The highest BCUT2D eigenvalue weighted by Crippen LogP contribution is 2.22. The summed E-state index contributed by atoms with van der Waals surface area (Å²) in [6.45, 7) is 0.364. The van der Waals surface area contributed by atoms with Gasteiger partial charge in [-0.2, -0.15) is 26.3 Å². The van der Waals surface area contributed by atoms with E-state index in [1.165, 1.54) is 11.6 Å². The van der Waals surface area contributed by atoms with Crippen molar-refractivity contribution in [2.24, 2.45) is 0 Å². The van der Waals surface area contributed by atoms with E-state index in [2.05, 4.69) is 4.98 Å². The van der Waals surface area contributed by atoms with Crippen molar-refractivity contribution in [3.63, 3.8) is 0 Å². The van der Waals surface area contributed by atoms with Crippen molar-refractivity contribution in [3.8, 4) is 5.88 Å². The number of pyridine rings is 1. The Labute approximate surface area is 150 Å². The summed E-state index contributed by atoms with van der Waals surface area (Å²) in [5.41, 5.74) is -5.45. The summed E-state index contributed by atoms with van der Waals surface area (Å²) < 4.78 is 102. The van der Waals surface area contributed by atoms with E-state index in [4.69, 9.17) is 4.74 Å². The maximum atomic E-state index is 12.3. The molecule has 14 heteroatoms. The van der Waals surface area contributed by atoms with E-state index in [0.717, 1.165) is 19.2 Å². The molecule has 2 N–H and O–H groups in total. The minimum absolute atomic E-state index is 0.187. The van der Waals surface area contributed by atoms with Gasteiger partial charge in [0.25, 0.3) is 5.91 Å². The van der Waals surface area contributed by atoms with Crippen LogP contribution in [-0.4, -0.2) is 50.2 Å². The second-order valence-electron chi connectivity index (χ2n) is 5.41. The molecule has 0 aliphatic carbocycles. The Morgan fingerprint density at radius 3 is 2.37 bits per heavy atom. The number of carbonyl (C=O) groups excluding carboxylic acids is 1. The first kappa shape index (κ1) is 23.0. The summed E-state index contributed by atoms with van der Waals surface area (Å²) in [5, 5.41) is 1.66. The first-order valence-electron chi connectivity index (χ1n) is 7.15. The summed E-state index contributed by atoms with van der Waals surface area (Å²) in [7, 11) is -5.57. The highest BCUT2D eigenvalue weighted by Gasteiger charge is 2.46. The zero-order valence-corrected chi connectivity index (χ0v) is 14.7.